The van der Waals surface area contributed by atoms with E-state index in [1.807, 2.05) is 26.0 Å². The molecule has 2 aliphatic carbocycles. The van der Waals surface area contributed by atoms with Crippen LogP contribution in [0.4, 0.5) is 11.4 Å². The molecule has 6 atom stereocenters. The minimum Gasteiger partial charge on any atom is -0.504 e. The van der Waals surface area contributed by atoms with E-state index >= 15 is 0 Å². The quantitative estimate of drug-likeness (QED) is 0.222. The zero-order chi connectivity index (χ0) is 32.5. The molecular weight excluding hydrogens is 584 g/mol. The summed E-state index contributed by atoms with van der Waals surface area (Å²) in [5.41, 5.74) is 1.69. The summed E-state index contributed by atoms with van der Waals surface area (Å²) in [6.45, 7) is 5.40. The van der Waals surface area contributed by atoms with Crippen molar-refractivity contribution in [1.82, 2.24) is 0 Å². The van der Waals surface area contributed by atoms with Crippen molar-refractivity contribution in [3.8, 4) is 11.5 Å². The monoisotopic (exact) mass is 618 g/mol. The Bertz CT molecular complexity index is 1830. The van der Waals surface area contributed by atoms with Crippen molar-refractivity contribution in [3.05, 3.63) is 95.6 Å². The summed E-state index contributed by atoms with van der Waals surface area (Å²) in [7, 11) is 0. The minimum atomic E-state index is -1.20. The summed E-state index contributed by atoms with van der Waals surface area (Å²) in [6, 6.07) is 20.3. The number of rotatable bonds is 6. The van der Waals surface area contributed by atoms with Gasteiger partial charge in [-0.05, 0) is 93.6 Å². The van der Waals surface area contributed by atoms with Gasteiger partial charge in [0.05, 0.1) is 41.2 Å². The van der Waals surface area contributed by atoms with E-state index in [2.05, 4.69) is 0 Å². The third-order valence-corrected chi connectivity index (χ3v) is 10.4. The van der Waals surface area contributed by atoms with E-state index in [1.54, 1.807) is 60.7 Å². The molecule has 3 aromatic carbocycles. The molecule has 0 bridgehead atoms. The number of Topliss-reactive ketones (excluding diaryl/α,β-unsaturated/α-hetero) is 1. The SMILES string of the molecule is CCOc1cc([C@H]2C3=CC[C@@H]4C(=O)N(c5ccc(C(C)=O)cc5)C(=O)[C@@H]4[C@@H]3C[C@H]3C(=O)N(c4ccccc4)C(=O)[C@@]23C)ccc1O. The molecule has 2 aliphatic heterocycles. The first kappa shape index (κ1) is 29.6. The van der Waals surface area contributed by atoms with Crippen LogP contribution in [0.2, 0.25) is 0 Å². The first-order chi connectivity index (χ1) is 22.1. The topological polar surface area (TPSA) is 121 Å². The van der Waals surface area contributed by atoms with E-state index in [-0.39, 0.29) is 47.3 Å². The number of hydrogen-bond donors (Lipinski definition) is 1. The summed E-state index contributed by atoms with van der Waals surface area (Å²) < 4.78 is 5.72. The highest BCUT2D eigenvalue weighted by Gasteiger charge is 2.67. The number of anilines is 2. The Kier molecular flexibility index (Phi) is 6.95. The van der Waals surface area contributed by atoms with Gasteiger partial charge in [0, 0.05) is 11.5 Å². The Morgan fingerprint density at radius 3 is 2.26 bits per heavy atom. The molecule has 0 spiro atoms. The van der Waals surface area contributed by atoms with Crippen LogP contribution in [-0.2, 0) is 19.2 Å². The van der Waals surface area contributed by atoms with Crippen LogP contribution in [0.25, 0.3) is 0 Å². The number of phenolic OH excluding ortho intramolecular Hbond substituents is 1. The highest BCUT2D eigenvalue weighted by Crippen LogP contribution is 2.64. The van der Waals surface area contributed by atoms with Crippen LogP contribution in [0.15, 0.2) is 84.4 Å². The maximum Gasteiger partial charge on any atom is 0.241 e. The normalized spacial score (nSPS) is 28.5. The number of nitrogens with zero attached hydrogens (tertiary/aromatic N) is 2. The number of ketones is 1. The summed E-state index contributed by atoms with van der Waals surface area (Å²) in [5, 5.41) is 10.5. The predicted molar refractivity (Wildman–Crippen MR) is 169 cm³/mol. The molecule has 4 amide bonds. The van der Waals surface area contributed by atoms with Gasteiger partial charge in [0.1, 0.15) is 0 Å². The number of carbonyl (C=O) groups is 5. The smallest absolute Gasteiger partial charge is 0.241 e. The van der Waals surface area contributed by atoms with Gasteiger partial charge in [-0.1, -0.05) is 35.9 Å². The summed E-state index contributed by atoms with van der Waals surface area (Å²) in [4.78, 5) is 71.2. The van der Waals surface area contributed by atoms with Gasteiger partial charge in [0.25, 0.3) is 0 Å². The van der Waals surface area contributed by atoms with E-state index in [9.17, 15) is 29.1 Å². The first-order valence-electron chi connectivity index (χ1n) is 15.7. The number of benzene rings is 3. The lowest BCUT2D eigenvalue weighted by molar-refractivity contribution is -0.131. The van der Waals surface area contributed by atoms with E-state index in [1.165, 1.54) is 22.8 Å². The molecule has 46 heavy (non-hydrogen) atoms. The lowest BCUT2D eigenvalue weighted by Gasteiger charge is -2.49. The summed E-state index contributed by atoms with van der Waals surface area (Å²) in [5.74, 6) is -4.40. The van der Waals surface area contributed by atoms with Gasteiger partial charge in [0.15, 0.2) is 17.3 Å². The molecule has 3 fully saturated rings. The highest BCUT2D eigenvalue weighted by atomic mass is 16.5. The van der Waals surface area contributed by atoms with Crippen molar-refractivity contribution in [1.29, 1.82) is 0 Å². The summed E-state index contributed by atoms with van der Waals surface area (Å²) >= 11 is 0. The van der Waals surface area contributed by atoms with Crippen LogP contribution in [0, 0.1) is 29.1 Å². The lowest BCUT2D eigenvalue weighted by Crippen LogP contribution is -2.48. The molecule has 1 saturated carbocycles. The van der Waals surface area contributed by atoms with Crippen molar-refractivity contribution >= 4 is 40.8 Å². The Hall–Kier alpha value is -5.05. The van der Waals surface area contributed by atoms with Crippen LogP contribution in [0.1, 0.15) is 55.5 Å². The fourth-order valence-corrected chi connectivity index (χ4v) is 8.30. The maximum absolute atomic E-state index is 14.5. The summed E-state index contributed by atoms with van der Waals surface area (Å²) in [6.07, 6.45) is 2.53. The molecular formula is C37H34N2O7. The largest absolute Gasteiger partial charge is 0.504 e. The molecule has 234 valence electrons. The number of para-hydroxylation sites is 1. The van der Waals surface area contributed by atoms with E-state index in [0.29, 0.717) is 35.5 Å². The Balaban J connectivity index is 1.35. The van der Waals surface area contributed by atoms with Gasteiger partial charge in [-0.2, -0.15) is 0 Å². The van der Waals surface area contributed by atoms with Gasteiger partial charge in [-0.15, -0.1) is 0 Å². The number of ether oxygens (including phenoxy) is 1. The fourth-order valence-electron chi connectivity index (χ4n) is 8.30. The number of phenols is 1. The Morgan fingerprint density at radius 2 is 1.59 bits per heavy atom. The van der Waals surface area contributed by atoms with Gasteiger partial charge >= 0.3 is 0 Å². The maximum atomic E-state index is 14.5. The predicted octanol–water partition coefficient (Wildman–Crippen LogP) is 5.43. The van der Waals surface area contributed by atoms with Crippen molar-refractivity contribution in [3.63, 3.8) is 0 Å². The molecule has 0 unspecified atom stereocenters. The third-order valence-electron chi connectivity index (χ3n) is 10.4. The number of allylic oxidation sites excluding steroid dienone is 2. The number of hydrogen-bond acceptors (Lipinski definition) is 7. The van der Waals surface area contributed by atoms with Gasteiger partial charge < -0.3 is 9.84 Å². The number of carbonyl (C=O) groups excluding carboxylic acids is 5. The van der Waals surface area contributed by atoms with Crippen molar-refractivity contribution < 1.29 is 33.8 Å². The van der Waals surface area contributed by atoms with E-state index < -0.39 is 35.0 Å². The van der Waals surface area contributed by atoms with E-state index in [0.717, 1.165) is 5.57 Å². The molecule has 4 aliphatic rings. The second-order valence-electron chi connectivity index (χ2n) is 12.8. The van der Waals surface area contributed by atoms with Gasteiger partial charge in [-0.3, -0.25) is 28.9 Å². The number of amides is 4. The molecule has 3 aromatic rings. The Morgan fingerprint density at radius 1 is 0.891 bits per heavy atom. The van der Waals surface area contributed by atoms with Crippen LogP contribution in [-0.4, -0.2) is 41.1 Å². The van der Waals surface area contributed by atoms with Crippen molar-refractivity contribution in [2.75, 3.05) is 16.4 Å². The molecule has 7 rings (SSSR count). The highest BCUT2D eigenvalue weighted by molar-refractivity contribution is 6.25. The Labute approximate surface area is 266 Å². The average Bonchev–Trinajstić information content (AvgIpc) is 3.42. The van der Waals surface area contributed by atoms with Crippen molar-refractivity contribution in [2.45, 2.75) is 39.5 Å². The fraction of sp³-hybridized carbons (Fsp3) is 0.324. The van der Waals surface area contributed by atoms with E-state index in [4.69, 9.17) is 4.74 Å². The molecule has 9 heteroatoms. The molecule has 0 radical (unpaired) electrons. The molecule has 2 heterocycles. The zero-order valence-corrected chi connectivity index (χ0v) is 25.8. The first-order valence-corrected chi connectivity index (χ1v) is 15.7. The van der Waals surface area contributed by atoms with Crippen LogP contribution < -0.4 is 14.5 Å². The number of aromatic hydroxyl groups is 1. The third kappa shape index (κ3) is 4.17. The van der Waals surface area contributed by atoms with Crippen LogP contribution in [0.5, 0.6) is 11.5 Å². The molecule has 2 saturated heterocycles. The van der Waals surface area contributed by atoms with Crippen LogP contribution in [0.3, 0.4) is 0 Å². The number of imide groups is 2. The standard InChI is InChI=1S/C37H34N2O7/c1-4-46-30-18-22(12-17-29(30)41)32-25-15-16-26-31(35(44)38(33(26)42)24-13-10-21(11-14-24)20(2)40)27(25)19-28-34(43)39(36(45)37(28,32)3)23-8-6-5-7-9-23/h5-15,17-18,26-28,31-32,41H,4,16,19H2,1-3H3/t26-,27+,28-,31-,32-,37+/m0/s1. The van der Waals surface area contributed by atoms with Crippen molar-refractivity contribution in [2.24, 2.45) is 29.1 Å². The second kappa shape index (κ2) is 10.8. The molecule has 1 N–H and O–H groups in total. The lowest BCUT2D eigenvalue weighted by atomic mass is 9.51. The number of fused-ring (bicyclic) bond motifs is 4. The van der Waals surface area contributed by atoms with Gasteiger partial charge in [-0.25, -0.2) is 4.90 Å². The molecule has 9 nitrogen and oxygen atoms in total. The zero-order valence-electron chi connectivity index (χ0n) is 25.8. The average molecular weight is 619 g/mol. The minimum absolute atomic E-state index is 0.0416. The molecule has 0 aromatic heterocycles. The van der Waals surface area contributed by atoms with Crippen LogP contribution >= 0.6 is 0 Å². The van der Waals surface area contributed by atoms with Gasteiger partial charge in [0.2, 0.25) is 23.6 Å². The second-order valence-corrected chi connectivity index (χ2v) is 12.8.